The minimum Gasteiger partial charge on any atom is -0.258 e. The maximum Gasteiger partial charge on any atom is 0.284 e. The fraction of sp³-hybridized carbons (Fsp3) is 0.125. The maximum atomic E-state index is 10.5. The number of nitro groups is 1. The molecule has 0 aliphatic rings. The first kappa shape index (κ1) is 9.55. The Balaban J connectivity index is 3.44. The summed E-state index contributed by atoms with van der Waals surface area (Å²) in [5.74, 6) is 0. The zero-order chi connectivity index (χ0) is 10.0. The van der Waals surface area contributed by atoms with Crippen molar-refractivity contribution in [2.24, 2.45) is 0 Å². The van der Waals surface area contributed by atoms with Gasteiger partial charge in [0.05, 0.1) is 21.5 Å². The Hall–Kier alpha value is -1.54. The van der Waals surface area contributed by atoms with E-state index in [9.17, 15) is 10.1 Å². The quantitative estimate of drug-likeness (QED) is 0.422. The molecule has 0 spiro atoms. The molecule has 0 bridgehead atoms. The van der Waals surface area contributed by atoms with Crippen LogP contribution in [-0.4, -0.2) is 4.92 Å². The molecule has 4 nitrogen and oxygen atoms in total. The zero-order valence-electron chi connectivity index (χ0n) is 6.81. The van der Waals surface area contributed by atoms with E-state index < -0.39 is 4.92 Å². The van der Waals surface area contributed by atoms with Crippen molar-refractivity contribution in [2.45, 2.75) is 11.8 Å². The van der Waals surface area contributed by atoms with Gasteiger partial charge < -0.3 is 0 Å². The number of thiol groups is 1. The Morgan fingerprint density at radius 2 is 2.23 bits per heavy atom. The zero-order valence-corrected chi connectivity index (χ0v) is 7.71. The lowest BCUT2D eigenvalue weighted by Gasteiger charge is -2.00. The van der Waals surface area contributed by atoms with Crippen LogP contribution in [0.3, 0.4) is 0 Å². The van der Waals surface area contributed by atoms with Crippen LogP contribution in [-0.2, 0) is 0 Å². The maximum absolute atomic E-state index is 10.5. The number of nitro benzene ring substituents is 1. The third kappa shape index (κ3) is 1.79. The number of benzene rings is 1. The number of rotatable bonds is 1. The molecule has 0 N–H and O–H groups in total. The molecule has 0 radical (unpaired) electrons. The number of nitrogens with zero attached hydrogens (tertiary/aromatic N) is 2. The van der Waals surface area contributed by atoms with Crippen LogP contribution in [0.4, 0.5) is 5.69 Å². The van der Waals surface area contributed by atoms with E-state index in [0.29, 0.717) is 10.5 Å². The van der Waals surface area contributed by atoms with Crippen LogP contribution in [0.15, 0.2) is 17.0 Å². The molecule has 0 fully saturated rings. The number of aryl methyl sites for hydroxylation is 1. The van der Waals surface area contributed by atoms with Gasteiger partial charge in [0.25, 0.3) is 5.69 Å². The van der Waals surface area contributed by atoms with E-state index in [1.165, 1.54) is 6.07 Å². The predicted octanol–water partition coefficient (Wildman–Crippen LogP) is 2.06. The van der Waals surface area contributed by atoms with Crippen LogP contribution in [0.1, 0.15) is 11.1 Å². The summed E-state index contributed by atoms with van der Waals surface area (Å²) in [6, 6.07) is 4.63. The van der Waals surface area contributed by atoms with E-state index >= 15 is 0 Å². The van der Waals surface area contributed by atoms with Crippen molar-refractivity contribution in [3.8, 4) is 6.07 Å². The molecule has 0 unspecified atom stereocenters. The Kier molecular flexibility index (Phi) is 2.54. The largest absolute Gasteiger partial charge is 0.284 e. The summed E-state index contributed by atoms with van der Waals surface area (Å²) in [4.78, 5) is 10.3. The molecule has 1 rings (SSSR count). The second-order valence-corrected chi connectivity index (χ2v) is 2.98. The van der Waals surface area contributed by atoms with Crippen molar-refractivity contribution in [2.75, 3.05) is 0 Å². The van der Waals surface area contributed by atoms with E-state index in [2.05, 4.69) is 12.6 Å². The fourth-order valence-electron chi connectivity index (χ4n) is 0.965. The molecule has 13 heavy (non-hydrogen) atoms. The van der Waals surface area contributed by atoms with Gasteiger partial charge in [0.15, 0.2) is 0 Å². The van der Waals surface area contributed by atoms with E-state index in [4.69, 9.17) is 5.26 Å². The van der Waals surface area contributed by atoms with E-state index in [-0.39, 0.29) is 11.3 Å². The molecule has 0 amide bonds. The Bertz CT molecular complexity index is 409. The summed E-state index contributed by atoms with van der Waals surface area (Å²) in [6.07, 6.45) is 0. The highest BCUT2D eigenvalue weighted by atomic mass is 32.1. The van der Waals surface area contributed by atoms with Gasteiger partial charge in [0.2, 0.25) is 0 Å². The molecule has 0 atom stereocenters. The van der Waals surface area contributed by atoms with Crippen LogP contribution in [0.25, 0.3) is 0 Å². The van der Waals surface area contributed by atoms with Crippen molar-refractivity contribution in [1.82, 2.24) is 0 Å². The molecule has 5 heteroatoms. The van der Waals surface area contributed by atoms with Gasteiger partial charge in [0.1, 0.15) is 0 Å². The van der Waals surface area contributed by atoms with Gasteiger partial charge in [-0.05, 0) is 18.6 Å². The highest BCUT2D eigenvalue weighted by Gasteiger charge is 2.14. The lowest BCUT2D eigenvalue weighted by atomic mass is 10.1. The van der Waals surface area contributed by atoms with Crippen molar-refractivity contribution in [1.29, 1.82) is 5.26 Å². The molecule has 66 valence electrons. The standard InChI is InChI=1S/C8H6N2O2S/c1-5-2-6(4-9)3-7(8(5)13)10(11)12/h2-3,13H,1H3. The predicted molar refractivity (Wildman–Crippen MR) is 49.8 cm³/mol. The molecule has 0 aliphatic heterocycles. The summed E-state index contributed by atoms with van der Waals surface area (Å²) >= 11 is 3.99. The van der Waals surface area contributed by atoms with Crippen LogP contribution in [0, 0.1) is 28.4 Å². The third-order valence-corrected chi connectivity index (χ3v) is 2.19. The minimum atomic E-state index is -0.545. The Morgan fingerprint density at radius 3 is 2.69 bits per heavy atom. The molecule has 1 aromatic carbocycles. The lowest BCUT2D eigenvalue weighted by Crippen LogP contribution is -1.93. The first-order valence-corrected chi connectivity index (χ1v) is 3.89. The van der Waals surface area contributed by atoms with Crippen LogP contribution in [0.2, 0.25) is 0 Å². The minimum absolute atomic E-state index is 0.125. The van der Waals surface area contributed by atoms with Gasteiger partial charge in [-0.25, -0.2) is 0 Å². The highest BCUT2D eigenvalue weighted by Crippen LogP contribution is 2.26. The third-order valence-electron chi connectivity index (χ3n) is 1.61. The molecular weight excluding hydrogens is 188 g/mol. The summed E-state index contributed by atoms with van der Waals surface area (Å²) in [5.41, 5.74) is 0.788. The van der Waals surface area contributed by atoms with Gasteiger partial charge in [-0.1, -0.05) is 0 Å². The van der Waals surface area contributed by atoms with Crippen molar-refractivity contribution in [3.05, 3.63) is 33.4 Å². The van der Waals surface area contributed by atoms with Gasteiger partial charge in [-0.3, -0.25) is 10.1 Å². The van der Waals surface area contributed by atoms with E-state index in [1.807, 2.05) is 6.07 Å². The van der Waals surface area contributed by atoms with E-state index in [0.717, 1.165) is 0 Å². The second-order valence-electron chi connectivity index (χ2n) is 2.53. The molecular formula is C8H6N2O2S. The SMILES string of the molecule is Cc1cc(C#N)cc([N+](=O)[O-])c1S. The summed E-state index contributed by atoms with van der Waals surface area (Å²) in [7, 11) is 0. The topological polar surface area (TPSA) is 66.9 Å². The van der Waals surface area contributed by atoms with Crippen LogP contribution < -0.4 is 0 Å². The molecule has 0 aromatic heterocycles. The summed E-state index contributed by atoms with van der Waals surface area (Å²) < 4.78 is 0. The van der Waals surface area contributed by atoms with Gasteiger partial charge >= 0.3 is 0 Å². The number of nitriles is 1. The monoisotopic (exact) mass is 194 g/mol. The Labute approximate surface area is 80.4 Å². The first-order valence-electron chi connectivity index (χ1n) is 3.44. The molecule has 0 saturated heterocycles. The van der Waals surface area contributed by atoms with Gasteiger partial charge in [-0.15, -0.1) is 12.6 Å². The number of hydrogen-bond acceptors (Lipinski definition) is 4. The summed E-state index contributed by atoms with van der Waals surface area (Å²) in [6.45, 7) is 1.68. The highest BCUT2D eigenvalue weighted by molar-refractivity contribution is 7.80. The molecule has 0 aliphatic carbocycles. The Morgan fingerprint density at radius 1 is 1.62 bits per heavy atom. The van der Waals surface area contributed by atoms with Crippen LogP contribution in [0.5, 0.6) is 0 Å². The van der Waals surface area contributed by atoms with Crippen molar-refractivity contribution >= 4 is 18.3 Å². The first-order chi connectivity index (χ1) is 6.06. The second kappa shape index (κ2) is 3.46. The number of hydrogen-bond donors (Lipinski definition) is 1. The van der Waals surface area contributed by atoms with Crippen LogP contribution >= 0.6 is 12.6 Å². The molecule has 0 heterocycles. The normalized spacial score (nSPS) is 9.31. The van der Waals surface area contributed by atoms with E-state index in [1.54, 1.807) is 13.0 Å². The van der Waals surface area contributed by atoms with Gasteiger partial charge in [0, 0.05) is 6.07 Å². The smallest absolute Gasteiger partial charge is 0.258 e. The lowest BCUT2D eigenvalue weighted by molar-refractivity contribution is -0.387. The molecule has 0 saturated carbocycles. The van der Waals surface area contributed by atoms with Crippen molar-refractivity contribution in [3.63, 3.8) is 0 Å². The average Bonchev–Trinajstić information content (AvgIpc) is 2.09. The van der Waals surface area contributed by atoms with Crippen molar-refractivity contribution < 1.29 is 4.92 Å². The summed E-state index contributed by atoms with van der Waals surface area (Å²) in [5, 5.41) is 19.1. The fourth-order valence-corrected chi connectivity index (χ4v) is 1.18. The molecule has 1 aromatic rings. The van der Waals surface area contributed by atoms with Gasteiger partial charge in [-0.2, -0.15) is 5.26 Å². The average molecular weight is 194 g/mol.